The number of nitrogens with one attached hydrogen (secondary N) is 2. The molecule has 3 amide bonds. The maximum absolute atomic E-state index is 12.1. The van der Waals surface area contributed by atoms with Crippen molar-refractivity contribution < 1.29 is 28.7 Å². The Morgan fingerprint density at radius 2 is 1.67 bits per heavy atom. The second-order valence-corrected chi connectivity index (χ2v) is 8.48. The van der Waals surface area contributed by atoms with Crippen LogP contribution in [-0.4, -0.2) is 67.2 Å². The van der Waals surface area contributed by atoms with Crippen molar-refractivity contribution >= 4 is 23.9 Å². The molecular weight excluding hydrogens is 390 g/mol. The van der Waals surface area contributed by atoms with Gasteiger partial charge in [0.2, 0.25) is 11.8 Å². The molecule has 0 aromatic rings. The molecule has 1 heterocycles. The first-order valence-corrected chi connectivity index (χ1v) is 10.8. The molecule has 0 spiro atoms. The average Bonchev–Trinajstić information content (AvgIpc) is 2.66. The van der Waals surface area contributed by atoms with E-state index in [1.165, 1.54) is 0 Å². The fourth-order valence-corrected chi connectivity index (χ4v) is 3.15. The Kier molecular flexibility index (Phi) is 11.2. The number of esters is 1. The first-order valence-electron chi connectivity index (χ1n) is 10.8. The lowest BCUT2D eigenvalue weighted by Gasteiger charge is -2.33. The number of piperidine rings is 1. The van der Waals surface area contributed by atoms with Gasteiger partial charge >= 0.3 is 12.1 Å². The molecule has 1 rings (SSSR count). The molecule has 9 heteroatoms. The van der Waals surface area contributed by atoms with Gasteiger partial charge in [-0.1, -0.05) is 0 Å². The van der Waals surface area contributed by atoms with Crippen LogP contribution in [0.25, 0.3) is 0 Å². The summed E-state index contributed by atoms with van der Waals surface area (Å²) in [6.45, 7) is 9.05. The van der Waals surface area contributed by atoms with Crippen LogP contribution in [0, 0.1) is 5.92 Å². The molecular formula is C21H37N3O6. The van der Waals surface area contributed by atoms with Crippen LogP contribution in [0.3, 0.4) is 0 Å². The molecule has 0 atom stereocenters. The molecule has 0 bridgehead atoms. The Bertz CT molecular complexity index is 580. The minimum Gasteiger partial charge on any atom is -0.466 e. The van der Waals surface area contributed by atoms with Gasteiger partial charge in [-0.05, 0) is 59.3 Å². The Labute approximate surface area is 179 Å². The molecule has 2 N–H and O–H groups in total. The van der Waals surface area contributed by atoms with Gasteiger partial charge in [-0.25, -0.2) is 4.79 Å². The number of hydrogen-bond acceptors (Lipinski definition) is 6. The lowest BCUT2D eigenvalue weighted by Crippen LogP contribution is -2.41. The fourth-order valence-electron chi connectivity index (χ4n) is 3.15. The standard InChI is InChI=1S/C21H37N3O6/c1-5-29-19(27)9-12-22-18(26)15-23-17(25)8-6-7-16-10-13-24(14-11-16)20(28)30-21(2,3)4/h16H,5-15H2,1-4H3,(H,22,26)(H,23,25). The van der Waals surface area contributed by atoms with Crippen LogP contribution in [0.1, 0.15) is 66.2 Å². The zero-order valence-electron chi connectivity index (χ0n) is 18.8. The van der Waals surface area contributed by atoms with E-state index >= 15 is 0 Å². The summed E-state index contributed by atoms with van der Waals surface area (Å²) in [4.78, 5) is 48.6. The Morgan fingerprint density at radius 3 is 2.27 bits per heavy atom. The van der Waals surface area contributed by atoms with Crippen LogP contribution in [0.4, 0.5) is 4.79 Å². The molecule has 0 radical (unpaired) electrons. The first kappa shape index (κ1) is 25.7. The largest absolute Gasteiger partial charge is 0.466 e. The maximum atomic E-state index is 12.1. The van der Waals surface area contributed by atoms with Gasteiger partial charge in [0.1, 0.15) is 5.60 Å². The molecule has 0 aromatic heterocycles. The summed E-state index contributed by atoms with van der Waals surface area (Å²) in [6, 6.07) is 0. The van der Waals surface area contributed by atoms with E-state index in [2.05, 4.69) is 10.6 Å². The van der Waals surface area contributed by atoms with E-state index < -0.39 is 5.60 Å². The molecule has 172 valence electrons. The zero-order chi connectivity index (χ0) is 22.6. The normalized spacial score (nSPS) is 14.7. The second kappa shape index (κ2) is 13.1. The fraction of sp³-hybridized carbons (Fsp3) is 0.810. The number of carbonyl (C=O) groups excluding carboxylic acids is 4. The smallest absolute Gasteiger partial charge is 0.410 e. The van der Waals surface area contributed by atoms with Crippen LogP contribution in [0.2, 0.25) is 0 Å². The van der Waals surface area contributed by atoms with Gasteiger partial charge in [0, 0.05) is 26.1 Å². The number of carbonyl (C=O) groups is 4. The van der Waals surface area contributed by atoms with Gasteiger partial charge in [-0.3, -0.25) is 14.4 Å². The van der Waals surface area contributed by atoms with Gasteiger partial charge < -0.3 is 25.0 Å². The van der Waals surface area contributed by atoms with E-state index in [-0.39, 0.29) is 43.4 Å². The van der Waals surface area contributed by atoms with Gasteiger partial charge in [0.15, 0.2) is 0 Å². The Morgan fingerprint density at radius 1 is 1.00 bits per heavy atom. The number of hydrogen-bond donors (Lipinski definition) is 2. The number of amides is 3. The van der Waals surface area contributed by atoms with Crippen LogP contribution >= 0.6 is 0 Å². The zero-order valence-corrected chi connectivity index (χ0v) is 18.8. The minimum atomic E-state index is -0.487. The summed E-state index contributed by atoms with van der Waals surface area (Å²) in [6.07, 6.45) is 3.69. The Balaban J connectivity index is 2.10. The van der Waals surface area contributed by atoms with Crippen molar-refractivity contribution in [1.29, 1.82) is 0 Å². The molecule has 1 aliphatic heterocycles. The molecule has 0 unspecified atom stereocenters. The predicted molar refractivity (Wildman–Crippen MR) is 112 cm³/mol. The van der Waals surface area contributed by atoms with Crippen LogP contribution in [0.15, 0.2) is 0 Å². The van der Waals surface area contributed by atoms with Crippen molar-refractivity contribution in [2.45, 2.75) is 71.8 Å². The van der Waals surface area contributed by atoms with E-state index in [1.54, 1.807) is 11.8 Å². The van der Waals surface area contributed by atoms with Gasteiger partial charge in [0.05, 0.1) is 19.6 Å². The van der Waals surface area contributed by atoms with Crippen LogP contribution in [0.5, 0.6) is 0 Å². The number of ether oxygens (including phenoxy) is 2. The molecule has 0 aromatic carbocycles. The average molecular weight is 428 g/mol. The van der Waals surface area contributed by atoms with Crippen molar-refractivity contribution in [3.8, 4) is 0 Å². The third-order valence-electron chi connectivity index (χ3n) is 4.69. The molecule has 1 saturated heterocycles. The highest BCUT2D eigenvalue weighted by molar-refractivity contribution is 5.84. The summed E-state index contributed by atoms with van der Waals surface area (Å²) < 4.78 is 10.2. The summed E-state index contributed by atoms with van der Waals surface area (Å²) in [5.41, 5.74) is -0.487. The molecule has 1 aliphatic rings. The number of likely N-dealkylation sites (tertiary alicyclic amines) is 1. The third kappa shape index (κ3) is 11.6. The highest BCUT2D eigenvalue weighted by Gasteiger charge is 2.26. The SMILES string of the molecule is CCOC(=O)CCNC(=O)CNC(=O)CCCC1CCN(C(=O)OC(C)(C)C)CC1. The van der Waals surface area contributed by atoms with E-state index in [0.29, 0.717) is 32.0 Å². The monoisotopic (exact) mass is 427 g/mol. The summed E-state index contributed by atoms with van der Waals surface area (Å²) in [5, 5.41) is 5.16. The molecule has 0 aliphatic carbocycles. The molecule has 30 heavy (non-hydrogen) atoms. The third-order valence-corrected chi connectivity index (χ3v) is 4.69. The van der Waals surface area contributed by atoms with Crippen molar-refractivity contribution in [2.75, 3.05) is 32.8 Å². The highest BCUT2D eigenvalue weighted by atomic mass is 16.6. The van der Waals surface area contributed by atoms with Crippen molar-refractivity contribution in [3.05, 3.63) is 0 Å². The first-order chi connectivity index (χ1) is 14.1. The Hall–Kier alpha value is -2.32. The summed E-state index contributed by atoms with van der Waals surface area (Å²) in [7, 11) is 0. The van der Waals surface area contributed by atoms with Gasteiger partial charge in [-0.15, -0.1) is 0 Å². The lowest BCUT2D eigenvalue weighted by atomic mass is 9.91. The van der Waals surface area contributed by atoms with Gasteiger partial charge in [-0.2, -0.15) is 0 Å². The van der Waals surface area contributed by atoms with Crippen molar-refractivity contribution in [3.63, 3.8) is 0 Å². The van der Waals surface area contributed by atoms with E-state index in [4.69, 9.17) is 9.47 Å². The predicted octanol–water partition coefficient (Wildman–Crippen LogP) is 1.99. The van der Waals surface area contributed by atoms with Crippen molar-refractivity contribution in [1.82, 2.24) is 15.5 Å². The van der Waals surface area contributed by atoms with Crippen LogP contribution < -0.4 is 10.6 Å². The van der Waals surface area contributed by atoms with Crippen molar-refractivity contribution in [2.24, 2.45) is 5.92 Å². The summed E-state index contributed by atoms with van der Waals surface area (Å²) >= 11 is 0. The maximum Gasteiger partial charge on any atom is 0.410 e. The minimum absolute atomic E-state index is 0.101. The topological polar surface area (TPSA) is 114 Å². The quantitative estimate of drug-likeness (QED) is 0.516. The molecule has 1 fully saturated rings. The molecule has 0 saturated carbocycles. The second-order valence-electron chi connectivity index (χ2n) is 8.48. The van der Waals surface area contributed by atoms with E-state index in [9.17, 15) is 19.2 Å². The molecule has 9 nitrogen and oxygen atoms in total. The van der Waals surface area contributed by atoms with Crippen LogP contribution in [-0.2, 0) is 23.9 Å². The lowest BCUT2D eigenvalue weighted by molar-refractivity contribution is -0.143. The van der Waals surface area contributed by atoms with Gasteiger partial charge in [0.25, 0.3) is 0 Å². The highest BCUT2D eigenvalue weighted by Crippen LogP contribution is 2.23. The summed E-state index contributed by atoms with van der Waals surface area (Å²) in [5.74, 6) is -0.370. The van der Waals surface area contributed by atoms with E-state index in [1.807, 2.05) is 20.8 Å². The number of nitrogens with zero attached hydrogens (tertiary/aromatic N) is 1. The van der Waals surface area contributed by atoms with E-state index in [0.717, 1.165) is 25.7 Å². The number of rotatable bonds is 10.